The molecule has 44 heavy (non-hydrogen) atoms. The molecule has 0 aliphatic carbocycles. The second-order valence-corrected chi connectivity index (χ2v) is 10.6. The van der Waals surface area contributed by atoms with Crippen molar-refractivity contribution in [2.45, 2.75) is 17.1 Å². The molecule has 0 radical (unpaired) electrons. The Morgan fingerprint density at radius 1 is 0.705 bits per heavy atom. The van der Waals surface area contributed by atoms with E-state index in [-0.39, 0.29) is 55.7 Å². The molecule has 0 saturated heterocycles. The van der Waals surface area contributed by atoms with Gasteiger partial charge in [-0.1, -0.05) is 49.6 Å². The Hall–Kier alpha value is -4.49. The zero-order valence-electron chi connectivity index (χ0n) is 24.0. The zero-order chi connectivity index (χ0) is 32.1. The van der Waals surface area contributed by atoms with Crippen LogP contribution in [0.1, 0.15) is 0 Å². The maximum Gasteiger partial charge on any atom is 0.330 e. The number of hydrogen-bond donors (Lipinski definition) is 1. The van der Waals surface area contributed by atoms with Crippen molar-refractivity contribution < 1.29 is 51.0 Å². The number of carbonyl (C=O) groups excluding carboxylic acids is 2. The third-order valence-electron chi connectivity index (χ3n) is 6.00. The molecule has 3 aromatic rings. The summed E-state index contributed by atoms with van der Waals surface area (Å²) in [5.74, 6) is -0.782. The number of fused-ring (bicyclic) bond motifs is 2. The van der Waals surface area contributed by atoms with Crippen LogP contribution in [0, 0.1) is 0 Å². The molecule has 3 aromatic carbocycles. The fourth-order valence-corrected chi connectivity index (χ4v) is 4.63. The van der Waals surface area contributed by atoms with Crippen LogP contribution in [0.5, 0.6) is 11.5 Å². The van der Waals surface area contributed by atoms with Gasteiger partial charge >= 0.3 is 11.9 Å². The van der Waals surface area contributed by atoms with Crippen LogP contribution < -0.4 is 9.47 Å². The van der Waals surface area contributed by atoms with Crippen LogP contribution in [0.4, 0.5) is 0 Å². The minimum atomic E-state index is -4.60. The standard InChI is InChI=1S/C32H34O11S/c1-5-15-38-18-22(42-29(33)7-3)20-40-31-25-11-9-10-12-26(25)32(28-17-24(44(35,36)37)13-14-27(28)31)41-21-23(19-39-16-6-2)43-30(34)8-4/h5-14,17,22-23H,1-4,15-16,18-21H2,(H,35,36,37). The third kappa shape index (κ3) is 9.25. The highest BCUT2D eigenvalue weighted by Crippen LogP contribution is 2.43. The molecule has 11 nitrogen and oxygen atoms in total. The second-order valence-electron chi connectivity index (χ2n) is 9.19. The monoisotopic (exact) mass is 626 g/mol. The molecular formula is C32H34O11S. The molecule has 0 heterocycles. The quantitative estimate of drug-likeness (QED) is 0.0498. The van der Waals surface area contributed by atoms with Gasteiger partial charge in [-0.15, -0.1) is 13.2 Å². The summed E-state index contributed by atoms with van der Waals surface area (Å²) in [7, 11) is -4.60. The summed E-state index contributed by atoms with van der Waals surface area (Å²) in [5, 5.41) is 1.80. The van der Waals surface area contributed by atoms with E-state index in [2.05, 4.69) is 26.3 Å². The van der Waals surface area contributed by atoms with Gasteiger partial charge in [0.05, 0.1) is 31.3 Å². The first-order valence-electron chi connectivity index (χ1n) is 13.4. The van der Waals surface area contributed by atoms with Crippen LogP contribution in [0.3, 0.4) is 0 Å². The van der Waals surface area contributed by atoms with Gasteiger partial charge < -0.3 is 28.4 Å². The highest BCUT2D eigenvalue weighted by atomic mass is 32.2. The van der Waals surface area contributed by atoms with Crippen molar-refractivity contribution in [2.24, 2.45) is 0 Å². The Kier molecular flexibility index (Phi) is 12.7. The Morgan fingerprint density at radius 2 is 1.16 bits per heavy atom. The molecule has 0 bridgehead atoms. The van der Waals surface area contributed by atoms with Crippen LogP contribution in [0.25, 0.3) is 21.5 Å². The number of rotatable bonds is 19. The fraction of sp³-hybridized carbons (Fsp3) is 0.250. The third-order valence-corrected chi connectivity index (χ3v) is 6.85. The van der Waals surface area contributed by atoms with Gasteiger partial charge in [0.1, 0.15) is 24.7 Å². The molecule has 0 amide bonds. The van der Waals surface area contributed by atoms with E-state index in [4.69, 9.17) is 28.4 Å². The number of ether oxygens (including phenoxy) is 6. The summed E-state index contributed by atoms with van der Waals surface area (Å²) in [6.45, 7) is 14.1. The first-order valence-corrected chi connectivity index (χ1v) is 14.8. The Morgan fingerprint density at radius 3 is 1.59 bits per heavy atom. The van der Waals surface area contributed by atoms with E-state index in [9.17, 15) is 22.6 Å². The van der Waals surface area contributed by atoms with Crippen molar-refractivity contribution in [3.63, 3.8) is 0 Å². The average Bonchev–Trinajstić information content (AvgIpc) is 3.01. The molecule has 1 N–H and O–H groups in total. The molecule has 234 valence electrons. The summed E-state index contributed by atoms with van der Waals surface area (Å²) >= 11 is 0. The van der Waals surface area contributed by atoms with Gasteiger partial charge in [0.25, 0.3) is 10.1 Å². The second kappa shape index (κ2) is 16.4. The fourth-order valence-electron chi connectivity index (χ4n) is 4.13. The van der Waals surface area contributed by atoms with Crippen molar-refractivity contribution in [3.05, 3.63) is 93.1 Å². The van der Waals surface area contributed by atoms with E-state index in [1.807, 2.05) is 0 Å². The Balaban J connectivity index is 2.11. The number of benzene rings is 3. The topological polar surface area (TPSA) is 144 Å². The van der Waals surface area contributed by atoms with E-state index >= 15 is 0 Å². The van der Waals surface area contributed by atoms with E-state index in [0.29, 0.717) is 21.9 Å². The molecule has 0 aromatic heterocycles. The van der Waals surface area contributed by atoms with Gasteiger partial charge in [-0.25, -0.2) is 9.59 Å². The van der Waals surface area contributed by atoms with Crippen LogP contribution in [-0.4, -0.2) is 76.8 Å². The number of carbonyl (C=O) groups is 2. The van der Waals surface area contributed by atoms with Crippen LogP contribution in [-0.2, 0) is 38.7 Å². The van der Waals surface area contributed by atoms with Crippen molar-refractivity contribution >= 4 is 43.6 Å². The Bertz CT molecular complexity index is 1630. The molecular weight excluding hydrogens is 592 g/mol. The van der Waals surface area contributed by atoms with Gasteiger partial charge in [0, 0.05) is 33.7 Å². The van der Waals surface area contributed by atoms with Gasteiger partial charge in [-0.2, -0.15) is 8.42 Å². The van der Waals surface area contributed by atoms with Crippen molar-refractivity contribution in [1.82, 2.24) is 0 Å². The molecule has 0 aliphatic heterocycles. The summed E-state index contributed by atoms with van der Waals surface area (Å²) in [6, 6.07) is 11.0. The van der Waals surface area contributed by atoms with Crippen LogP contribution >= 0.6 is 0 Å². The summed E-state index contributed by atoms with van der Waals surface area (Å²) in [6.07, 6.45) is 3.45. The molecule has 3 rings (SSSR count). The first-order chi connectivity index (χ1) is 21.1. The minimum absolute atomic E-state index is 0.00824. The lowest BCUT2D eigenvalue weighted by Gasteiger charge is -2.22. The summed E-state index contributed by atoms with van der Waals surface area (Å²) in [4.78, 5) is 23.5. The van der Waals surface area contributed by atoms with Gasteiger partial charge in [0.2, 0.25) is 0 Å². The summed E-state index contributed by atoms with van der Waals surface area (Å²) in [5.41, 5.74) is 0. The number of esters is 2. The average molecular weight is 627 g/mol. The number of hydrogen-bond acceptors (Lipinski definition) is 10. The first kappa shape index (κ1) is 34.0. The molecule has 0 aliphatic rings. The van der Waals surface area contributed by atoms with Crippen molar-refractivity contribution in [1.29, 1.82) is 0 Å². The lowest BCUT2D eigenvalue weighted by molar-refractivity contribution is -0.148. The molecule has 2 atom stereocenters. The SMILES string of the molecule is C=CCOCC(COc1c2ccccc2c(OCC(COCC=C)OC(=O)C=C)c2cc(S(=O)(=O)O)ccc12)OC(=O)C=C. The van der Waals surface area contributed by atoms with Crippen molar-refractivity contribution in [3.8, 4) is 11.5 Å². The highest BCUT2D eigenvalue weighted by molar-refractivity contribution is 7.85. The minimum Gasteiger partial charge on any atom is -0.488 e. The van der Waals surface area contributed by atoms with Gasteiger partial charge in [-0.3, -0.25) is 4.55 Å². The van der Waals surface area contributed by atoms with Crippen LogP contribution in [0.2, 0.25) is 0 Å². The maximum absolute atomic E-state index is 12.1. The van der Waals surface area contributed by atoms with Gasteiger partial charge in [-0.05, 0) is 18.2 Å². The normalized spacial score (nSPS) is 12.6. The van der Waals surface area contributed by atoms with Crippen LogP contribution in [0.15, 0.2) is 98.0 Å². The summed E-state index contributed by atoms with van der Waals surface area (Å²) < 4.78 is 68.1. The molecule has 12 heteroatoms. The van der Waals surface area contributed by atoms with Gasteiger partial charge in [0.15, 0.2) is 12.2 Å². The van der Waals surface area contributed by atoms with E-state index < -0.39 is 34.3 Å². The molecule has 0 fully saturated rings. The van der Waals surface area contributed by atoms with E-state index in [1.165, 1.54) is 18.2 Å². The largest absolute Gasteiger partial charge is 0.488 e. The smallest absolute Gasteiger partial charge is 0.330 e. The predicted molar refractivity (Wildman–Crippen MR) is 164 cm³/mol. The molecule has 0 saturated carbocycles. The zero-order valence-corrected chi connectivity index (χ0v) is 24.8. The lowest BCUT2D eigenvalue weighted by atomic mass is 10.0. The van der Waals surface area contributed by atoms with E-state index in [1.54, 1.807) is 36.4 Å². The van der Waals surface area contributed by atoms with Crippen molar-refractivity contribution in [2.75, 3.05) is 39.6 Å². The Labute approximate surface area is 255 Å². The lowest BCUT2D eigenvalue weighted by Crippen LogP contribution is -2.30. The van der Waals surface area contributed by atoms with E-state index in [0.717, 1.165) is 12.2 Å². The maximum atomic E-state index is 12.1. The highest BCUT2D eigenvalue weighted by Gasteiger charge is 2.23. The molecule has 0 spiro atoms. The predicted octanol–water partition coefficient (Wildman–Crippen LogP) is 4.60. The molecule has 2 unspecified atom stereocenters.